The third-order valence-electron chi connectivity index (χ3n) is 4.38. The van der Waals surface area contributed by atoms with Crippen LogP contribution in [0.2, 0.25) is 0 Å². The van der Waals surface area contributed by atoms with E-state index < -0.39 is 21.5 Å². The monoisotopic (exact) mass is 415 g/mol. The summed E-state index contributed by atoms with van der Waals surface area (Å²) >= 11 is 0. The predicted molar refractivity (Wildman–Crippen MR) is 106 cm³/mol. The Kier molecular flexibility index (Phi) is 6.08. The lowest BCUT2D eigenvalue weighted by Crippen LogP contribution is -2.26. The van der Waals surface area contributed by atoms with Gasteiger partial charge in [-0.25, -0.2) is 17.2 Å². The van der Waals surface area contributed by atoms with E-state index in [9.17, 15) is 22.0 Å². The minimum atomic E-state index is -3.54. The second kappa shape index (κ2) is 8.53. The SMILES string of the molecule is CN(Cc1ccc(F)c(F)c1)C(=O)c1cccc(CS(=O)(=O)c2ccccc2)c1. The van der Waals surface area contributed by atoms with Crippen molar-refractivity contribution in [3.63, 3.8) is 0 Å². The lowest BCUT2D eigenvalue weighted by Gasteiger charge is -2.18. The van der Waals surface area contributed by atoms with Gasteiger partial charge in [-0.1, -0.05) is 36.4 Å². The second-order valence-corrected chi connectivity index (χ2v) is 8.67. The van der Waals surface area contributed by atoms with Gasteiger partial charge in [0.2, 0.25) is 0 Å². The quantitative estimate of drug-likeness (QED) is 0.606. The molecule has 0 aromatic heterocycles. The molecule has 0 aliphatic carbocycles. The summed E-state index contributed by atoms with van der Waals surface area (Å²) in [5, 5.41) is 0. The Balaban J connectivity index is 1.76. The van der Waals surface area contributed by atoms with Gasteiger partial charge in [0.05, 0.1) is 10.6 Å². The number of carbonyl (C=O) groups excluding carboxylic acids is 1. The summed E-state index contributed by atoms with van der Waals surface area (Å²) in [6, 6.07) is 17.9. The number of nitrogens with zero attached hydrogens (tertiary/aromatic N) is 1. The topological polar surface area (TPSA) is 54.5 Å². The van der Waals surface area contributed by atoms with E-state index in [1.807, 2.05) is 0 Å². The smallest absolute Gasteiger partial charge is 0.253 e. The molecule has 4 nitrogen and oxygen atoms in total. The lowest BCUT2D eigenvalue weighted by atomic mass is 10.1. The first-order valence-corrected chi connectivity index (χ1v) is 10.5. The molecule has 7 heteroatoms. The Hall–Kier alpha value is -3.06. The van der Waals surface area contributed by atoms with Crippen LogP contribution in [0, 0.1) is 11.6 Å². The highest BCUT2D eigenvalue weighted by Gasteiger charge is 2.17. The van der Waals surface area contributed by atoms with E-state index in [4.69, 9.17) is 0 Å². The normalized spacial score (nSPS) is 11.3. The van der Waals surface area contributed by atoms with Crippen LogP contribution in [0.25, 0.3) is 0 Å². The lowest BCUT2D eigenvalue weighted by molar-refractivity contribution is 0.0785. The van der Waals surface area contributed by atoms with E-state index >= 15 is 0 Å². The van der Waals surface area contributed by atoms with Crippen molar-refractivity contribution in [1.82, 2.24) is 4.90 Å². The van der Waals surface area contributed by atoms with E-state index in [2.05, 4.69) is 0 Å². The summed E-state index contributed by atoms with van der Waals surface area (Å²) in [6.45, 7) is 0.0859. The third kappa shape index (κ3) is 5.06. The first kappa shape index (κ1) is 20.7. The molecule has 0 saturated heterocycles. The summed E-state index contributed by atoms with van der Waals surface area (Å²) < 4.78 is 51.5. The van der Waals surface area contributed by atoms with E-state index in [0.29, 0.717) is 16.7 Å². The molecule has 0 aliphatic rings. The highest BCUT2D eigenvalue weighted by atomic mass is 32.2. The van der Waals surface area contributed by atoms with Gasteiger partial charge in [0, 0.05) is 19.2 Å². The molecule has 0 radical (unpaired) electrons. The molecular weight excluding hydrogens is 396 g/mol. The molecule has 3 aromatic rings. The number of halogens is 2. The van der Waals surface area contributed by atoms with Crippen molar-refractivity contribution in [1.29, 1.82) is 0 Å². The van der Waals surface area contributed by atoms with E-state index in [-0.39, 0.29) is 23.1 Å². The maximum Gasteiger partial charge on any atom is 0.253 e. The average molecular weight is 415 g/mol. The van der Waals surface area contributed by atoms with Gasteiger partial charge in [0.15, 0.2) is 21.5 Å². The first-order valence-electron chi connectivity index (χ1n) is 8.82. The Morgan fingerprint density at radius 1 is 0.862 bits per heavy atom. The Labute approximate surface area is 168 Å². The molecular formula is C22H19F2NO3S. The van der Waals surface area contributed by atoms with Gasteiger partial charge in [-0.3, -0.25) is 4.79 Å². The van der Waals surface area contributed by atoms with Crippen LogP contribution in [-0.4, -0.2) is 26.3 Å². The molecule has 0 N–H and O–H groups in total. The van der Waals surface area contributed by atoms with Crippen LogP contribution in [0.3, 0.4) is 0 Å². The average Bonchev–Trinajstić information content (AvgIpc) is 2.70. The molecule has 3 rings (SSSR count). The second-order valence-electron chi connectivity index (χ2n) is 6.68. The van der Waals surface area contributed by atoms with Crippen molar-refractivity contribution in [2.45, 2.75) is 17.2 Å². The standard InChI is InChI=1S/C22H19F2NO3S/c1-25(14-16-10-11-20(23)21(24)13-16)22(26)18-7-5-6-17(12-18)15-29(27,28)19-8-3-2-4-9-19/h2-13H,14-15H2,1H3. The fourth-order valence-corrected chi connectivity index (χ4v) is 4.29. The number of hydrogen-bond donors (Lipinski definition) is 0. The number of amides is 1. The number of rotatable bonds is 6. The van der Waals surface area contributed by atoms with Crippen LogP contribution in [0.1, 0.15) is 21.5 Å². The van der Waals surface area contributed by atoms with Gasteiger partial charge >= 0.3 is 0 Å². The Morgan fingerprint density at radius 3 is 2.28 bits per heavy atom. The van der Waals surface area contributed by atoms with Gasteiger partial charge < -0.3 is 4.90 Å². The van der Waals surface area contributed by atoms with Crippen LogP contribution in [-0.2, 0) is 22.1 Å². The number of benzene rings is 3. The number of sulfone groups is 1. The fourth-order valence-electron chi connectivity index (χ4n) is 2.93. The van der Waals surface area contributed by atoms with E-state index in [1.165, 1.54) is 36.2 Å². The zero-order valence-electron chi connectivity index (χ0n) is 15.7. The van der Waals surface area contributed by atoms with Crippen LogP contribution < -0.4 is 0 Å². The Bertz CT molecular complexity index is 1130. The molecule has 1 amide bonds. The van der Waals surface area contributed by atoms with Crippen molar-refractivity contribution < 1.29 is 22.0 Å². The van der Waals surface area contributed by atoms with Crippen LogP contribution in [0.5, 0.6) is 0 Å². The maximum atomic E-state index is 13.4. The predicted octanol–water partition coefficient (Wildman–Crippen LogP) is 4.21. The van der Waals surface area contributed by atoms with Crippen molar-refractivity contribution in [3.8, 4) is 0 Å². The minimum Gasteiger partial charge on any atom is -0.337 e. The largest absolute Gasteiger partial charge is 0.337 e. The summed E-state index contributed by atoms with van der Waals surface area (Å²) in [5.41, 5.74) is 1.25. The molecule has 150 valence electrons. The molecule has 0 heterocycles. The van der Waals surface area contributed by atoms with Crippen molar-refractivity contribution in [2.75, 3.05) is 7.05 Å². The van der Waals surface area contributed by atoms with Crippen molar-refractivity contribution >= 4 is 15.7 Å². The highest BCUT2D eigenvalue weighted by Crippen LogP contribution is 2.18. The highest BCUT2D eigenvalue weighted by molar-refractivity contribution is 7.90. The van der Waals surface area contributed by atoms with Gasteiger partial charge in [0.25, 0.3) is 5.91 Å². The van der Waals surface area contributed by atoms with Crippen molar-refractivity contribution in [3.05, 3.63) is 101 Å². The first-order chi connectivity index (χ1) is 13.8. The maximum absolute atomic E-state index is 13.4. The zero-order valence-corrected chi connectivity index (χ0v) is 16.5. The zero-order chi connectivity index (χ0) is 21.0. The molecule has 0 atom stereocenters. The Morgan fingerprint density at radius 2 is 1.59 bits per heavy atom. The molecule has 0 unspecified atom stereocenters. The van der Waals surface area contributed by atoms with Crippen LogP contribution in [0.4, 0.5) is 8.78 Å². The fraction of sp³-hybridized carbons (Fsp3) is 0.136. The molecule has 29 heavy (non-hydrogen) atoms. The number of hydrogen-bond acceptors (Lipinski definition) is 3. The van der Waals surface area contributed by atoms with Crippen LogP contribution in [0.15, 0.2) is 77.7 Å². The van der Waals surface area contributed by atoms with Gasteiger partial charge in [-0.15, -0.1) is 0 Å². The minimum absolute atomic E-state index is 0.0859. The number of carbonyl (C=O) groups is 1. The molecule has 3 aromatic carbocycles. The molecule has 0 aliphatic heterocycles. The van der Waals surface area contributed by atoms with E-state index in [1.54, 1.807) is 36.4 Å². The molecule has 0 fully saturated rings. The summed E-state index contributed by atoms with van der Waals surface area (Å²) in [6.07, 6.45) is 0. The van der Waals surface area contributed by atoms with Gasteiger partial charge in [0.1, 0.15) is 0 Å². The summed E-state index contributed by atoms with van der Waals surface area (Å²) in [5.74, 6) is -2.51. The summed E-state index contributed by atoms with van der Waals surface area (Å²) in [7, 11) is -2.00. The molecule has 0 spiro atoms. The van der Waals surface area contributed by atoms with Crippen molar-refractivity contribution in [2.24, 2.45) is 0 Å². The van der Waals surface area contributed by atoms with Gasteiger partial charge in [-0.2, -0.15) is 0 Å². The molecule has 0 saturated carbocycles. The third-order valence-corrected chi connectivity index (χ3v) is 6.09. The summed E-state index contributed by atoms with van der Waals surface area (Å²) in [4.78, 5) is 14.3. The van der Waals surface area contributed by atoms with Gasteiger partial charge in [-0.05, 0) is 47.5 Å². The van der Waals surface area contributed by atoms with E-state index in [0.717, 1.165) is 12.1 Å². The molecule has 0 bridgehead atoms. The van der Waals surface area contributed by atoms with Crippen LogP contribution >= 0.6 is 0 Å².